The molecule has 0 aliphatic rings. The minimum absolute atomic E-state index is 0.0252. The Bertz CT molecular complexity index is 293. The molecular formula is C8H10Cl2N2O. The molecule has 0 saturated heterocycles. The van der Waals surface area contributed by atoms with Gasteiger partial charge in [-0.25, -0.2) is 4.98 Å². The Morgan fingerprint density at radius 1 is 1.54 bits per heavy atom. The molecule has 0 fully saturated rings. The van der Waals surface area contributed by atoms with Crippen LogP contribution in [0.15, 0.2) is 12.3 Å². The predicted molar refractivity (Wildman–Crippen MR) is 52.9 cm³/mol. The predicted octanol–water partition coefficient (Wildman–Crippen LogP) is 1.77. The Kier molecular flexibility index (Phi) is 3.93. The highest BCUT2D eigenvalue weighted by molar-refractivity contribution is 6.32. The van der Waals surface area contributed by atoms with Gasteiger partial charge in [0.05, 0.1) is 5.02 Å². The highest BCUT2D eigenvalue weighted by atomic mass is 35.5. The van der Waals surface area contributed by atoms with Crippen LogP contribution in [-0.4, -0.2) is 16.7 Å². The van der Waals surface area contributed by atoms with Crippen LogP contribution in [0, 0.1) is 0 Å². The molecule has 0 unspecified atom stereocenters. The van der Waals surface area contributed by atoms with Crippen LogP contribution in [0.1, 0.15) is 18.0 Å². The van der Waals surface area contributed by atoms with Crippen molar-refractivity contribution < 1.29 is 5.11 Å². The third kappa shape index (κ3) is 2.81. The SMILES string of the molecule is N[C@@H](CCO)c1cc(Cl)ncc1Cl. The van der Waals surface area contributed by atoms with Crippen LogP contribution < -0.4 is 5.73 Å². The number of pyridine rings is 1. The first-order chi connectivity index (χ1) is 6.15. The number of nitrogens with zero attached hydrogens (tertiary/aromatic N) is 1. The lowest BCUT2D eigenvalue weighted by Crippen LogP contribution is -2.12. The molecule has 0 amide bonds. The first-order valence-electron chi connectivity index (χ1n) is 3.82. The van der Waals surface area contributed by atoms with Crippen molar-refractivity contribution in [3.05, 3.63) is 28.0 Å². The van der Waals surface area contributed by atoms with E-state index in [2.05, 4.69) is 4.98 Å². The molecule has 0 aromatic carbocycles. The quantitative estimate of drug-likeness (QED) is 0.764. The summed E-state index contributed by atoms with van der Waals surface area (Å²) in [6, 6.07) is 1.32. The molecule has 0 aliphatic carbocycles. The van der Waals surface area contributed by atoms with E-state index in [-0.39, 0.29) is 12.6 Å². The van der Waals surface area contributed by atoms with Gasteiger partial charge in [0.2, 0.25) is 0 Å². The molecule has 13 heavy (non-hydrogen) atoms. The number of halogens is 2. The molecule has 0 aliphatic heterocycles. The monoisotopic (exact) mass is 220 g/mol. The maximum Gasteiger partial charge on any atom is 0.129 e. The van der Waals surface area contributed by atoms with Crippen LogP contribution in [0.2, 0.25) is 10.2 Å². The molecule has 1 aromatic heterocycles. The van der Waals surface area contributed by atoms with Gasteiger partial charge in [-0.2, -0.15) is 0 Å². The van der Waals surface area contributed by atoms with E-state index in [9.17, 15) is 0 Å². The van der Waals surface area contributed by atoms with E-state index >= 15 is 0 Å². The molecule has 0 radical (unpaired) electrons. The summed E-state index contributed by atoms with van der Waals surface area (Å²) in [6.45, 7) is 0.0252. The van der Waals surface area contributed by atoms with Crippen molar-refractivity contribution in [3.63, 3.8) is 0 Å². The van der Waals surface area contributed by atoms with Crippen molar-refractivity contribution in [2.75, 3.05) is 6.61 Å². The van der Waals surface area contributed by atoms with Crippen molar-refractivity contribution in [2.45, 2.75) is 12.5 Å². The van der Waals surface area contributed by atoms with Gasteiger partial charge in [0, 0.05) is 18.8 Å². The summed E-state index contributed by atoms with van der Waals surface area (Å²) in [5.74, 6) is 0. The number of hydrogen-bond acceptors (Lipinski definition) is 3. The number of aliphatic hydroxyl groups excluding tert-OH is 1. The number of rotatable bonds is 3. The van der Waals surface area contributed by atoms with Crippen LogP contribution >= 0.6 is 23.2 Å². The molecular weight excluding hydrogens is 211 g/mol. The van der Waals surface area contributed by atoms with Crippen molar-refractivity contribution in [3.8, 4) is 0 Å². The van der Waals surface area contributed by atoms with Crippen molar-refractivity contribution in [1.82, 2.24) is 4.98 Å². The van der Waals surface area contributed by atoms with Crippen molar-refractivity contribution >= 4 is 23.2 Å². The second-order valence-electron chi connectivity index (χ2n) is 2.65. The minimum Gasteiger partial charge on any atom is -0.396 e. The van der Waals surface area contributed by atoms with Gasteiger partial charge in [-0.05, 0) is 18.1 Å². The Balaban J connectivity index is 2.91. The first-order valence-corrected chi connectivity index (χ1v) is 4.58. The largest absolute Gasteiger partial charge is 0.396 e. The lowest BCUT2D eigenvalue weighted by Gasteiger charge is -2.11. The first kappa shape index (κ1) is 10.7. The van der Waals surface area contributed by atoms with Gasteiger partial charge in [-0.3, -0.25) is 0 Å². The van der Waals surface area contributed by atoms with Gasteiger partial charge < -0.3 is 10.8 Å². The van der Waals surface area contributed by atoms with E-state index in [0.717, 1.165) is 5.56 Å². The summed E-state index contributed by atoms with van der Waals surface area (Å²) in [4.78, 5) is 3.80. The van der Waals surface area contributed by atoms with Gasteiger partial charge in [0.1, 0.15) is 5.15 Å². The minimum atomic E-state index is -0.294. The van der Waals surface area contributed by atoms with E-state index in [1.54, 1.807) is 6.07 Å². The van der Waals surface area contributed by atoms with Gasteiger partial charge in [-0.1, -0.05) is 23.2 Å². The third-order valence-electron chi connectivity index (χ3n) is 1.69. The zero-order valence-electron chi connectivity index (χ0n) is 6.87. The van der Waals surface area contributed by atoms with Crippen molar-refractivity contribution in [1.29, 1.82) is 0 Å². The zero-order valence-corrected chi connectivity index (χ0v) is 8.39. The number of hydrogen-bond donors (Lipinski definition) is 2. The molecule has 1 heterocycles. The summed E-state index contributed by atoms with van der Waals surface area (Å²) < 4.78 is 0. The summed E-state index contributed by atoms with van der Waals surface area (Å²) in [5.41, 5.74) is 6.46. The smallest absolute Gasteiger partial charge is 0.129 e. The molecule has 1 atom stereocenters. The summed E-state index contributed by atoms with van der Waals surface area (Å²) in [7, 11) is 0. The topological polar surface area (TPSA) is 59.1 Å². The van der Waals surface area contributed by atoms with Gasteiger partial charge >= 0.3 is 0 Å². The van der Waals surface area contributed by atoms with E-state index in [0.29, 0.717) is 16.6 Å². The van der Waals surface area contributed by atoms with Crippen LogP contribution in [0.4, 0.5) is 0 Å². The Morgan fingerprint density at radius 2 is 2.23 bits per heavy atom. The standard InChI is InChI=1S/C8H10Cl2N2O/c9-6-4-12-8(10)3-5(6)7(11)1-2-13/h3-4,7,13H,1-2,11H2/t7-/m0/s1. The average Bonchev–Trinajstić information content (AvgIpc) is 2.09. The lowest BCUT2D eigenvalue weighted by molar-refractivity contribution is 0.276. The zero-order chi connectivity index (χ0) is 9.84. The number of aliphatic hydroxyl groups is 1. The molecule has 1 rings (SSSR count). The average molecular weight is 221 g/mol. The summed E-state index contributed by atoms with van der Waals surface area (Å²) >= 11 is 11.5. The highest BCUT2D eigenvalue weighted by Gasteiger charge is 2.10. The highest BCUT2D eigenvalue weighted by Crippen LogP contribution is 2.24. The Labute approximate surface area is 86.5 Å². The summed E-state index contributed by atoms with van der Waals surface area (Å²) in [5, 5.41) is 9.52. The van der Waals surface area contributed by atoms with Gasteiger partial charge in [-0.15, -0.1) is 0 Å². The fourth-order valence-electron chi connectivity index (χ4n) is 1.01. The number of aromatic nitrogens is 1. The van der Waals surface area contributed by atoms with E-state index in [4.69, 9.17) is 34.0 Å². The molecule has 1 aromatic rings. The third-order valence-corrected chi connectivity index (χ3v) is 2.21. The number of nitrogens with two attached hydrogens (primary N) is 1. The maximum absolute atomic E-state index is 8.69. The maximum atomic E-state index is 8.69. The lowest BCUT2D eigenvalue weighted by atomic mass is 10.1. The van der Waals surface area contributed by atoms with E-state index in [1.165, 1.54) is 6.20 Å². The van der Waals surface area contributed by atoms with Gasteiger partial charge in [0.15, 0.2) is 0 Å². The fraction of sp³-hybridized carbons (Fsp3) is 0.375. The molecule has 5 heteroatoms. The Hall–Kier alpha value is -0.350. The van der Waals surface area contributed by atoms with Crippen LogP contribution in [0.3, 0.4) is 0 Å². The molecule has 0 saturated carbocycles. The van der Waals surface area contributed by atoms with E-state index < -0.39 is 0 Å². The van der Waals surface area contributed by atoms with Gasteiger partial charge in [0.25, 0.3) is 0 Å². The van der Waals surface area contributed by atoms with E-state index in [1.807, 2.05) is 0 Å². The summed E-state index contributed by atoms with van der Waals surface area (Å²) in [6.07, 6.45) is 1.91. The molecule has 3 N–H and O–H groups in total. The molecule has 0 bridgehead atoms. The Morgan fingerprint density at radius 3 is 2.85 bits per heavy atom. The van der Waals surface area contributed by atoms with Crippen molar-refractivity contribution in [2.24, 2.45) is 5.73 Å². The van der Waals surface area contributed by atoms with Crippen LogP contribution in [-0.2, 0) is 0 Å². The second-order valence-corrected chi connectivity index (χ2v) is 3.44. The molecule has 72 valence electrons. The molecule has 0 spiro atoms. The normalized spacial score (nSPS) is 12.9. The van der Waals surface area contributed by atoms with Crippen LogP contribution in [0.5, 0.6) is 0 Å². The van der Waals surface area contributed by atoms with Crippen LogP contribution in [0.25, 0.3) is 0 Å². The fourth-order valence-corrected chi connectivity index (χ4v) is 1.42. The molecule has 3 nitrogen and oxygen atoms in total. The second kappa shape index (κ2) is 4.77.